The van der Waals surface area contributed by atoms with E-state index in [1.54, 1.807) is 7.11 Å². The summed E-state index contributed by atoms with van der Waals surface area (Å²) in [5, 5.41) is 0. The second kappa shape index (κ2) is 8.37. The van der Waals surface area contributed by atoms with Gasteiger partial charge in [0.15, 0.2) is 11.0 Å². The van der Waals surface area contributed by atoms with E-state index < -0.39 is 0 Å². The first-order valence-electron chi connectivity index (χ1n) is 12.8. The number of imidazole rings is 1. The third-order valence-electron chi connectivity index (χ3n) is 7.96. The molecule has 1 aliphatic heterocycles. The fourth-order valence-electron chi connectivity index (χ4n) is 6.05. The molecule has 1 unspecified atom stereocenters. The van der Waals surface area contributed by atoms with Gasteiger partial charge >= 0.3 is 0 Å². The normalized spacial score (nSPS) is 14.4. The molecule has 1 atom stereocenters. The first-order valence-corrected chi connectivity index (χ1v) is 12.8. The molecule has 0 saturated heterocycles. The lowest BCUT2D eigenvalue weighted by Gasteiger charge is -2.26. The molecule has 0 fully saturated rings. The summed E-state index contributed by atoms with van der Waals surface area (Å²) in [6.07, 6.45) is 0. The fourth-order valence-corrected chi connectivity index (χ4v) is 6.05. The number of aryl methyl sites for hydroxylation is 1. The maximum Gasteiger partial charge on any atom is 0.295 e. The van der Waals surface area contributed by atoms with E-state index in [4.69, 9.17) is 4.74 Å². The fraction of sp³-hybridized carbons (Fsp3) is 0.242. The van der Waals surface area contributed by atoms with Crippen LogP contribution in [0.5, 0.6) is 5.75 Å². The highest BCUT2D eigenvalue weighted by atomic mass is 16.5. The Labute approximate surface area is 213 Å². The van der Waals surface area contributed by atoms with Gasteiger partial charge in [-0.3, -0.25) is 0 Å². The molecule has 0 spiro atoms. The topological polar surface area (TPSA) is 18.0 Å². The van der Waals surface area contributed by atoms with Gasteiger partial charge in [0.25, 0.3) is 5.82 Å². The van der Waals surface area contributed by atoms with Crippen molar-refractivity contribution in [2.24, 2.45) is 7.05 Å². The summed E-state index contributed by atoms with van der Waals surface area (Å²) >= 11 is 0. The van der Waals surface area contributed by atoms with Crippen molar-refractivity contribution < 1.29 is 9.30 Å². The molecule has 180 valence electrons. The van der Waals surface area contributed by atoms with Crippen LogP contribution in [0.1, 0.15) is 54.9 Å². The Hall–Kier alpha value is -3.85. The minimum Gasteiger partial charge on any atom is -0.496 e. The van der Waals surface area contributed by atoms with Crippen LogP contribution in [-0.2, 0) is 7.05 Å². The van der Waals surface area contributed by atoms with Gasteiger partial charge < -0.3 is 4.74 Å². The Bertz CT molecular complexity index is 1630. The molecule has 0 saturated carbocycles. The minimum atomic E-state index is 0.298. The molecule has 3 heteroatoms. The Kier molecular flexibility index (Phi) is 5.26. The highest BCUT2D eigenvalue weighted by Crippen LogP contribution is 2.43. The van der Waals surface area contributed by atoms with E-state index in [1.165, 1.54) is 55.9 Å². The van der Waals surface area contributed by atoms with Crippen LogP contribution in [0.4, 0.5) is 0 Å². The quantitative estimate of drug-likeness (QED) is 0.245. The zero-order chi connectivity index (χ0) is 25.1. The summed E-state index contributed by atoms with van der Waals surface area (Å²) in [5.41, 5.74) is 12.9. The van der Waals surface area contributed by atoms with Gasteiger partial charge in [-0.1, -0.05) is 69.3 Å². The number of nitrogens with zero attached hydrogens (tertiary/aromatic N) is 2. The number of benzene rings is 4. The number of hydrogen-bond donors (Lipinski definition) is 0. The molecule has 0 amide bonds. The van der Waals surface area contributed by atoms with Crippen molar-refractivity contribution in [3.05, 3.63) is 101 Å². The molecule has 3 nitrogen and oxygen atoms in total. The summed E-state index contributed by atoms with van der Waals surface area (Å²) < 4.78 is 10.6. The molecule has 5 aromatic rings. The number of ether oxygens (including phenoxy) is 1. The van der Waals surface area contributed by atoms with Gasteiger partial charge in [0.2, 0.25) is 0 Å². The number of fused-ring (bicyclic) bond motifs is 2. The van der Waals surface area contributed by atoms with Gasteiger partial charge in [0, 0.05) is 28.2 Å². The standard InChI is InChI=1S/C33H33N2O/c1-20(2)27-18-24(23-12-8-7-9-13-23)19-28-21(3)25-14-10-16-29-32(25)35(31(27)28)33(34(29)5)26-15-11-17-30(36-6)22(26)4/h7-21H,1-6H3/q+1. The van der Waals surface area contributed by atoms with E-state index in [9.17, 15) is 0 Å². The molecule has 6 rings (SSSR count). The third kappa shape index (κ3) is 3.15. The zero-order valence-corrected chi connectivity index (χ0v) is 22.0. The monoisotopic (exact) mass is 473 g/mol. The van der Waals surface area contributed by atoms with Crippen molar-refractivity contribution in [3.63, 3.8) is 0 Å². The summed E-state index contributed by atoms with van der Waals surface area (Å²) in [7, 11) is 3.95. The molecule has 0 N–H and O–H groups in total. The van der Waals surface area contributed by atoms with Crippen molar-refractivity contribution in [1.29, 1.82) is 0 Å². The molecule has 2 heterocycles. The molecule has 0 bridgehead atoms. The van der Waals surface area contributed by atoms with Crippen molar-refractivity contribution >= 4 is 11.0 Å². The van der Waals surface area contributed by atoms with E-state index in [2.05, 4.69) is 117 Å². The molecular formula is C33H33N2O+. The first-order chi connectivity index (χ1) is 17.4. The Morgan fingerprint density at radius 3 is 2.33 bits per heavy atom. The van der Waals surface area contributed by atoms with Gasteiger partial charge in [-0.05, 0) is 54.3 Å². The van der Waals surface area contributed by atoms with Gasteiger partial charge in [0.05, 0.1) is 19.7 Å². The predicted molar refractivity (Wildman–Crippen MR) is 148 cm³/mol. The van der Waals surface area contributed by atoms with Gasteiger partial charge in [-0.15, -0.1) is 0 Å². The molecule has 1 aliphatic rings. The van der Waals surface area contributed by atoms with Crippen molar-refractivity contribution in [2.45, 2.75) is 39.5 Å². The van der Waals surface area contributed by atoms with E-state index in [0.29, 0.717) is 11.8 Å². The Morgan fingerprint density at radius 1 is 0.861 bits per heavy atom. The van der Waals surface area contributed by atoms with Crippen LogP contribution in [0.25, 0.3) is 39.2 Å². The van der Waals surface area contributed by atoms with Crippen LogP contribution in [0.3, 0.4) is 0 Å². The van der Waals surface area contributed by atoms with Crippen molar-refractivity contribution in [1.82, 2.24) is 4.57 Å². The Morgan fingerprint density at radius 2 is 1.61 bits per heavy atom. The van der Waals surface area contributed by atoms with E-state index in [1.807, 2.05) is 6.07 Å². The van der Waals surface area contributed by atoms with Crippen LogP contribution >= 0.6 is 0 Å². The molecule has 0 aliphatic carbocycles. The van der Waals surface area contributed by atoms with E-state index in [-0.39, 0.29) is 0 Å². The van der Waals surface area contributed by atoms with Crippen LogP contribution in [-0.4, -0.2) is 11.7 Å². The maximum atomic E-state index is 5.73. The summed E-state index contributed by atoms with van der Waals surface area (Å²) in [4.78, 5) is 0. The van der Waals surface area contributed by atoms with Gasteiger partial charge in [0.1, 0.15) is 11.4 Å². The highest BCUT2D eigenvalue weighted by molar-refractivity contribution is 5.84. The van der Waals surface area contributed by atoms with Crippen LogP contribution < -0.4 is 9.30 Å². The number of hydrogen-bond acceptors (Lipinski definition) is 1. The molecule has 1 aromatic heterocycles. The largest absolute Gasteiger partial charge is 0.496 e. The average Bonchev–Trinajstić information content (AvgIpc) is 3.19. The molecule has 0 radical (unpaired) electrons. The van der Waals surface area contributed by atoms with Gasteiger partial charge in [-0.25, -0.2) is 4.57 Å². The minimum absolute atomic E-state index is 0.298. The second-order valence-electron chi connectivity index (χ2n) is 10.3. The molecule has 4 aromatic carbocycles. The lowest BCUT2D eigenvalue weighted by molar-refractivity contribution is -0.558. The maximum absolute atomic E-state index is 5.73. The molecular weight excluding hydrogens is 440 g/mol. The number of para-hydroxylation sites is 1. The molecule has 36 heavy (non-hydrogen) atoms. The SMILES string of the molecule is COc1cccc(-c2n(C)c3cccc4c3[n+]2-c2c(C(C)C)cc(-c3ccccc3)cc2C4C)c1C. The average molecular weight is 474 g/mol. The van der Waals surface area contributed by atoms with Crippen LogP contribution in [0.2, 0.25) is 0 Å². The smallest absolute Gasteiger partial charge is 0.295 e. The second-order valence-corrected chi connectivity index (χ2v) is 10.3. The van der Waals surface area contributed by atoms with Crippen LogP contribution in [0.15, 0.2) is 78.9 Å². The first kappa shape index (κ1) is 22.6. The Balaban J connectivity index is 1.77. The van der Waals surface area contributed by atoms with E-state index >= 15 is 0 Å². The number of rotatable bonds is 4. The number of methoxy groups -OCH3 is 1. The highest BCUT2D eigenvalue weighted by Gasteiger charge is 2.38. The van der Waals surface area contributed by atoms with Gasteiger partial charge in [-0.2, -0.15) is 4.57 Å². The van der Waals surface area contributed by atoms with Crippen molar-refractivity contribution in [2.75, 3.05) is 7.11 Å². The van der Waals surface area contributed by atoms with Crippen LogP contribution in [0, 0.1) is 6.92 Å². The van der Waals surface area contributed by atoms with Crippen molar-refractivity contribution in [3.8, 4) is 34.0 Å². The lowest BCUT2D eigenvalue weighted by atomic mass is 9.82. The summed E-state index contributed by atoms with van der Waals surface area (Å²) in [5.74, 6) is 2.78. The predicted octanol–water partition coefficient (Wildman–Crippen LogP) is 7.69. The third-order valence-corrected chi connectivity index (χ3v) is 7.96. The lowest BCUT2D eigenvalue weighted by Crippen LogP contribution is -2.39. The van der Waals surface area contributed by atoms with E-state index in [0.717, 1.165) is 11.3 Å². The number of aromatic nitrogens is 2. The zero-order valence-electron chi connectivity index (χ0n) is 22.0. The summed E-state index contributed by atoms with van der Waals surface area (Å²) in [6, 6.07) is 28.7. The summed E-state index contributed by atoms with van der Waals surface area (Å²) in [6.45, 7) is 9.15.